The molecule has 25 heavy (non-hydrogen) atoms. The maximum absolute atomic E-state index is 13.3. The summed E-state index contributed by atoms with van der Waals surface area (Å²) in [5.74, 6) is 2.82. The summed E-state index contributed by atoms with van der Waals surface area (Å²) in [6.45, 7) is 4.36. The lowest BCUT2D eigenvalue weighted by atomic mass is 9.90. The maximum atomic E-state index is 13.3. The van der Waals surface area contributed by atoms with Crippen molar-refractivity contribution >= 4 is 5.91 Å². The Morgan fingerprint density at radius 1 is 1.44 bits per heavy atom. The summed E-state index contributed by atoms with van der Waals surface area (Å²) in [6, 6.07) is 5.46. The number of carbonyl (C=O) groups excluding carboxylic acids is 1. The SMILES string of the molecule is C#CCN(CC(=C)F)C(=O)[C@@]1(c2ccc3c(c2)OCCO3)C[C@H]1CN. The molecule has 0 aromatic heterocycles. The molecule has 0 spiro atoms. The van der Waals surface area contributed by atoms with Crippen LogP contribution in [-0.4, -0.2) is 43.7 Å². The van der Waals surface area contributed by atoms with E-state index in [1.807, 2.05) is 12.1 Å². The number of nitrogens with two attached hydrogens (primary N) is 1. The van der Waals surface area contributed by atoms with Crippen molar-refractivity contribution in [3.05, 3.63) is 36.2 Å². The molecule has 2 N–H and O–H groups in total. The molecule has 0 radical (unpaired) electrons. The highest BCUT2D eigenvalue weighted by atomic mass is 19.1. The molecule has 1 aliphatic heterocycles. The molecule has 132 valence electrons. The molecule has 6 heteroatoms. The lowest BCUT2D eigenvalue weighted by Crippen LogP contribution is -2.42. The van der Waals surface area contributed by atoms with Crippen molar-refractivity contribution in [3.63, 3.8) is 0 Å². The lowest BCUT2D eigenvalue weighted by Gasteiger charge is -2.27. The number of hydrogen-bond donors (Lipinski definition) is 1. The van der Waals surface area contributed by atoms with Gasteiger partial charge in [-0.15, -0.1) is 6.42 Å². The summed E-state index contributed by atoms with van der Waals surface area (Å²) in [4.78, 5) is 14.5. The van der Waals surface area contributed by atoms with Crippen LogP contribution >= 0.6 is 0 Å². The average molecular weight is 344 g/mol. The summed E-state index contributed by atoms with van der Waals surface area (Å²) < 4.78 is 24.5. The van der Waals surface area contributed by atoms with E-state index < -0.39 is 11.2 Å². The minimum Gasteiger partial charge on any atom is -0.486 e. The molecule has 1 amide bonds. The van der Waals surface area contributed by atoms with E-state index in [4.69, 9.17) is 21.6 Å². The van der Waals surface area contributed by atoms with Crippen LogP contribution in [0, 0.1) is 18.3 Å². The number of benzene rings is 1. The van der Waals surface area contributed by atoms with E-state index in [9.17, 15) is 9.18 Å². The molecule has 1 saturated carbocycles. The molecule has 5 nitrogen and oxygen atoms in total. The molecule has 1 aromatic rings. The fourth-order valence-electron chi connectivity index (χ4n) is 3.47. The molecule has 1 aromatic carbocycles. The highest BCUT2D eigenvalue weighted by Crippen LogP contribution is 2.56. The predicted octanol–water partition coefficient (Wildman–Crippen LogP) is 1.62. The van der Waals surface area contributed by atoms with Crippen molar-refractivity contribution in [1.29, 1.82) is 0 Å². The molecule has 0 bridgehead atoms. The van der Waals surface area contributed by atoms with Crippen molar-refractivity contribution in [2.45, 2.75) is 11.8 Å². The van der Waals surface area contributed by atoms with Gasteiger partial charge in [0.2, 0.25) is 5.91 Å². The predicted molar refractivity (Wildman–Crippen MR) is 91.9 cm³/mol. The Kier molecular flexibility index (Phi) is 4.69. The van der Waals surface area contributed by atoms with Crippen molar-refractivity contribution in [2.75, 3.05) is 32.8 Å². The maximum Gasteiger partial charge on any atom is 0.234 e. The molecule has 2 aliphatic rings. The Labute approximate surface area is 146 Å². The van der Waals surface area contributed by atoms with Crippen LogP contribution in [0.5, 0.6) is 11.5 Å². The van der Waals surface area contributed by atoms with Gasteiger partial charge in [-0.2, -0.15) is 0 Å². The Balaban J connectivity index is 1.95. The van der Waals surface area contributed by atoms with Crippen molar-refractivity contribution in [2.24, 2.45) is 11.7 Å². The minimum atomic E-state index is -0.795. The van der Waals surface area contributed by atoms with Crippen LogP contribution in [0.25, 0.3) is 0 Å². The molecule has 1 heterocycles. The summed E-state index contributed by atoms with van der Waals surface area (Å²) in [5.41, 5.74) is 5.84. The molecule has 2 atom stereocenters. The molecular weight excluding hydrogens is 323 g/mol. The number of hydrogen-bond acceptors (Lipinski definition) is 4. The molecule has 0 saturated heterocycles. The number of fused-ring (bicyclic) bond motifs is 1. The molecule has 3 rings (SSSR count). The van der Waals surface area contributed by atoms with Gasteiger partial charge in [0.15, 0.2) is 11.5 Å². The largest absolute Gasteiger partial charge is 0.486 e. The number of rotatable bonds is 6. The van der Waals surface area contributed by atoms with Gasteiger partial charge in [-0.05, 0) is 36.6 Å². The quantitative estimate of drug-likeness (QED) is 0.797. The number of carbonyl (C=O) groups is 1. The Morgan fingerprint density at radius 2 is 2.16 bits per heavy atom. The fraction of sp³-hybridized carbons (Fsp3) is 0.421. The number of amides is 1. The second kappa shape index (κ2) is 6.77. The highest BCUT2D eigenvalue weighted by Gasteiger charge is 2.61. The Morgan fingerprint density at radius 3 is 2.76 bits per heavy atom. The van der Waals surface area contributed by atoms with Gasteiger partial charge in [0.1, 0.15) is 19.0 Å². The molecule has 1 aliphatic carbocycles. The minimum absolute atomic E-state index is 0.0179. The van der Waals surface area contributed by atoms with Crippen LogP contribution in [0.3, 0.4) is 0 Å². The van der Waals surface area contributed by atoms with E-state index in [1.165, 1.54) is 4.90 Å². The Bertz CT molecular complexity index is 743. The van der Waals surface area contributed by atoms with E-state index in [0.29, 0.717) is 37.7 Å². The van der Waals surface area contributed by atoms with Gasteiger partial charge >= 0.3 is 0 Å². The van der Waals surface area contributed by atoms with Crippen LogP contribution in [0.4, 0.5) is 4.39 Å². The van der Waals surface area contributed by atoms with Crippen LogP contribution < -0.4 is 15.2 Å². The normalized spacial score (nSPS) is 23.5. The first-order chi connectivity index (χ1) is 12.0. The van der Waals surface area contributed by atoms with Gasteiger partial charge in [0.05, 0.1) is 18.5 Å². The standard InChI is InChI=1S/C19H21FN2O3/c1-3-6-22(12-13(2)20)18(23)19(10-15(19)11-21)14-4-5-16-17(9-14)25-8-7-24-16/h1,4-5,9,15H,2,6-8,10-12,21H2/t15-,19+/m0/s1. The fourth-order valence-corrected chi connectivity index (χ4v) is 3.47. The van der Waals surface area contributed by atoms with Crippen molar-refractivity contribution in [3.8, 4) is 23.8 Å². The first-order valence-electron chi connectivity index (χ1n) is 8.19. The first kappa shape index (κ1) is 17.3. The summed E-state index contributed by atoms with van der Waals surface area (Å²) in [7, 11) is 0. The lowest BCUT2D eigenvalue weighted by molar-refractivity contribution is -0.133. The van der Waals surface area contributed by atoms with Crippen molar-refractivity contribution in [1.82, 2.24) is 4.90 Å². The van der Waals surface area contributed by atoms with E-state index in [-0.39, 0.29) is 24.9 Å². The molecule has 0 unspecified atom stereocenters. The van der Waals surface area contributed by atoms with Crippen LogP contribution in [0.15, 0.2) is 30.6 Å². The van der Waals surface area contributed by atoms with Crippen LogP contribution in [0.1, 0.15) is 12.0 Å². The molecular formula is C19H21FN2O3. The monoisotopic (exact) mass is 344 g/mol. The van der Waals surface area contributed by atoms with Gasteiger partial charge in [-0.25, -0.2) is 4.39 Å². The van der Waals surface area contributed by atoms with Gasteiger partial charge in [-0.1, -0.05) is 18.6 Å². The third kappa shape index (κ3) is 3.08. The van der Waals surface area contributed by atoms with E-state index in [0.717, 1.165) is 5.56 Å². The second-order valence-corrected chi connectivity index (χ2v) is 6.35. The summed E-state index contributed by atoms with van der Waals surface area (Å²) in [5, 5.41) is 0. The second-order valence-electron chi connectivity index (χ2n) is 6.35. The van der Waals surface area contributed by atoms with E-state index in [1.54, 1.807) is 6.07 Å². The third-order valence-corrected chi connectivity index (χ3v) is 4.76. The first-order valence-corrected chi connectivity index (χ1v) is 8.19. The topological polar surface area (TPSA) is 64.8 Å². The van der Waals surface area contributed by atoms with Gasteiger partial charge in [-0.3, -0.25) is 4.79 Å². The number of ether oxygens (including phenoxy) is 2. The highest BCUT2D eigenvalue weighted by molar-refractivity contribution is 5.92. The zero-order valence-corrected chi connectivity index (χ0v) is 14.0. The average Bonchev–Trinajstić information content (AvgIpc) is 3.36. The Hall–Kier alpha value is -2.52. The van der Waals surface area contributed by atoms with E-state index >= 15 is 0 Å². The van der Waals surface area contributed by atoms with Crippen LogP contribution in [0.2, 0.25) is 0 Å². The smallest absolute Gasteiger partial charge is 0.234 e. The van der Waals surface area contributed by atoms with Crippen molar-refractivity contribution < 1.29 is 18.7 Å². The molecule has 1 fully saturated rings. The zero-order valence-electron chi connectivity index (χ0n) is 14.0. The van der Waals surface area contributed by atoms with Gasteiger partial charge < -0.3 is 20.1 Å². The number of nitrogens with zero attached hydrogens (tertiary/aromatic N) is 1. The third-order valence-electron chi connectivity index (χ3n) is 4.76. The summed E-state index contributed by atoms with van der Waals surface area (Å²) in [6.07, 6.45) is 5.95. The zero-order chi connectivity index (χ0) is 18.0. The summed E-state index contributed by atoms with van der Waals surface area (Å²) >= 11 is 0. The van der Waals surface area contributed by atoms with Gasteiger partial charge in [0.25, 0.3) is 0 Å². The number of terminal acetylenes is 1. The van der Waals surface area contributed by atoms with E-state index in [2.05, 4.69) is 12.5 Å². The number of halogens is 1. The van der Waals surface area contributed by atoms with Crippen LogP contribution in [-0.2, 0) is 10.2 Å². The van der Waals surface area contributed by atoms with Gasteiger partial charge in [0, 0.05) is 0 Å².